The quantitative estimate of drug-likeness (QED) is 0.153. The molecule has 6 aromatic rings. The van der Waals surface area contributed by atoms with Gasteiger partial charge in [-0.15, -0.1) is 0 Å². The van der Waals surface area contributed by atoms with Crippen LogP contribution in [-0.2, 0) is 0 Å². The van der Waals surface area contributed by atoms with Crippen LogP contribution >= 0.6 is 31.9 Å². The van der Waals surface area contributed by atoms with Gasteiger partial charge in [-0.3, -0.25) is 0 Å². The van der Waals surface area contributed by atoms with Crippen molar-refractivity contribution in [1.82, 2.24) is 0 Å². The van der Waals surface area contributed by atoms with Gasteiger partial charge in [0.1, 0.15) is 0 Å². The van der Waals surface area contributed by atoms with Gasteiger partial charge in [0.2, 0.25) is 0 Å². The van der Waals surface area contributed by atoms with Crippen LogP contribution in [-0.4, -0.2) is 0 Å². The smallest absolute Gasteiger partial charge is 0.187 e. The van der Waals surface area contributed by atoms with E-state index < -0.39 is 0 Å². The molecule has 0 saturated carbocycles. The molecule has 0 aliphatic carbocycles. The molecule has 0 radical (unpaired) electrons. The van der Waals surface area contributed by atoms with Gasteiger partial charge in [0.15, 0.2) is 5.69 Å². The maximum Gasteiger partial charge on any atom is 0.187 e. The van der Waals surface area contributed by atoms with Gasteiger partial charge in [-0.05, 0) is 78.8 Å². The summed E-state index contributed by atoms with van der Waals surface area (Å²) in [6.45, 7) is 7.26. The zero-order valence-corrected chi connectivity index (χ0v) is 20.9. The van der Waals surface area contributed by atoms with Crippen molar-refractivity contribution in [2.75, 3.05) is 0 Å². The van der Waals surface area contributed by atoms with Gasteiger partial charge >= 0.3 is 0 Å². The van der Waals surface area contributed by atoms with E-state index >= 15 is 0 Å². The maximum atomic E-state index is 9.20. The first kappa shape index (κ1) is 20.9. The van der Waals surface area contributed by atoms with Gasteiger partial charge in [0.25, 0.3) is 0 Å². The highest BCUT2D eigenvalue weighted by molar-refractivity contribution is 9.11. The molecule has 0 atom stereocenters. The highest BCUT2D eigenvalue weighted by Crippen LogP contribution is 2.46. The SMILES string of the molecule is [C-]#[N+]c1ccc(-c2cc(Br)c3ccc4c(-c5ccc(C#N)cc5)cc(Br)c5ccc2c3c54)cc1. The Bertz CT molecular complexity index is 1680. The van der Waals surface area contributed by atoms with Gasteiger partial charge < -0.3 is 0 Å². The molecule has 0 aliphatic rings. The summed E-state index contributed by atoms with van der Waals surface area (Å²) in [6, 6.07) is 30.8. The summed E-state index contributed by atoms with van der Waals surface area (Å²) in [5.74, 6) is 0. The van der Waals surface area contributed by atoms with Crippen LogP contribution < -0.4 is 0 Å². The van der Waals surface area contributed by atoms with E-state index in [0.717, 1.165) is 36.6 Å². The fourth-order valence-corrected chi connectivity index (χ4v) is 5.94. The van der Waals surface area contributed by atoms with Crippen molar-refractivity contribution >= 4 is 69.9 Å². The Morgan fingerprint density at radius 2 is 1.06 bits per heavy atom. The lowest BCUT2D eigenvalue weighted by molar-refractivity contribution is 1.48. The van der Waals surface area contributed by atoms with Crippen molar-refractivity contribution in [2.24, 2.45) is 0 Å². The van der Waals surface area contributed by atoms with Gasteiger partial charge in [-0.25, -0.2) is 4.85 Å². The Hall–Kier alpha value is -3.70. The molecule has 0 fully saturated rings. The fourth-order valence-electron chi connectivity index (χ4n) is 4.82. The molecule has 0 aromatic heterocycles. The fraction of sp³-hybridized carbons (Fsp3) is 0. The molecule has 2 nitrogen and oxygen atoms in total. The molecule has 0 amide bonds. The Kier molecular flexibility index (Phi) is 4.89. The van der Waals surface area contributed by atoms with Crippen molar-refractivity contribution in [3.63, 3.8) is 0 Å². The second-order valence-corrected chi connectivity index (χ2v) is 9.94. The van der Waals surface area contributed by atoms with E-state index in [-0.39, 0.29) is 0 Å². The third-order valence-electron chi connectivity index (χ3n) is 6.43. The first-order chi connectivity index (χ1) is 16.6. The first-order valence-electron chi connectivity index (χ1n) is 10.7. The van der Waals surface area contributed by atoms with E-state index in [4.69, 9.17) is 6.57 Å². The molecule has 6 aromatic carbocycles. The second kappa shape index (κ2) is 7.96. The summed E-state index contributed by atoms with van der Waals surface area (Å²) < 4.78 is 2.08. The molecular weight excluding hydrogens is 548 g/mol. The van der Waals surface area contributed by atoms with Crippen LogP contribution in [0.4, 0.5) is 5.69 Å². The first-order valence-corrected chi connectivity index (χ1v) is 12.3. The molecule has 0 aliphatic heterocycles. The number of rotatable bonds is 2. The number of hydrogen-bond acceptors (Lipinski definition) is 1. The molecule has 0 unspecified atom stereocenters. The number of halogens is 2. The number of hydrogen-bond donors (Lipinski definition) is 0. The molecule has 0 bridgehead atoms. The molecule has 6 rings (SSSR count). The van der Waals surface area contributed by atoms with Crippen LogP contribution in [0.3, 0.4) is 0 Å². The lowest BCUT2D eigenvalue weighted by Crippen LogP contribution is -1.91. The number of nitriles is 1. The normalized spacial score (nSPS) is 11.2. The highest BCUT2D eigenvalue weighted by atomic mass is 79.9. The second-order valence-electron chi connectivity index (χ2n) is 8.23. The third kappa shape index (κ3) is 3.11. The van der Waals surface area contributed by atoms with Crippen LogP contribution in [0.1, 0.15) is 5.56 Å². The van der Waals surface area contributed by atoms with Gasteiger partial charge in [-0.2, -0.15) is 5.26 Å². The van der Waals surface area contributed by atoms with E-state index in [2.05, 4.69) is 79.2 Å². The molecule has 34 heavy (non-hydrogen) atoms. The third-order valence-corrected chi connectivity index (χ3v) is 7.74. The summed E-state index contributed by atoms with van der Waals surface area (Å²) in [5, 5.41) is 16.3. The lowest BCUT2D eigenvalue weighted by Gasteiger charge is -2.18. The van der Waals surface area contributed by atoms with Crippen LogP contribution in [0.15, 0.2) is 93.9 Å². The van der Waals surface area contributed by atoms with Crippen LogP contribution in [0.25, 0.3) is 59.4 Å². The average molecular weight is 562 g/mol. The van der Waals surface area contributed by atoms with Gasteiger partial charge in [-0.1, -0.05) is 92.5 Å². The Balaban J connectivity index is 1.72. The zero-order valence-electron chi connectivity index (χ0n) is 17.7. The average Bonchev–Trinajstić information content (AvgIpc) is 2.89. The van der Waals surface area contributed by atoms with E-state index in [1.807, 2.05) is 48.5 Å². The number of benzene rings is 6. The minimum atomic E-state index is 0.636. The molecule has 0 saturated heterocycles. The zero-order chi connectivity index (χ0) is 23.4. The summed E-state index contributed by atoms with van der Waals surface area (Å²) in [4.78, 5) is 3.53. The molecular formula is C30H14Br2N2. The minimum absolute atomic E-state index is 0.636. The van der Waals surface area contributed by atoms with Crippen LogP contribution in [0, 0.1) is 17.9 Å². The standard InChI is InChI=1S/C30H14Br2N2/c1-34-20-8-6-19(7-9-20)26-15-28(32)24-12-10-21-25(18-4-2-17(16-33)3-5-18)14-27(31)23-13-11-22(26)30(24)29(21)23/h2-15H. The lowest BCUT2D eigenvalue weighted by atomic mass is 9.87. The van der Waals surface area contributed by atoms with Gasteiger partial charge in [0, 0.05) is 8.95 Å². The predicted octanol–water partition coefficient (Wildman–Crippen LogP) is 9.87. The van der Waals surface area contributed by atoms with Crippen molar-refractivity contribution in [1.29, 1.82) is 5.26 Å². The maximum absolute atomic E-state index is 9.20. The summed E-state index contributed by atoms with van der Waals surface area (Å²) in [5.41, 5.74) is 5.70. The van der Waals surface area contributed by atoms with Crippen LogP contribution in [0.2, 0.25) is 0 Å². The van der Waals surface area contributed by atoms with Crippen molar-refractivity contribution < 1.29 is 0 Å². The molecule has 0 N–H and O–H groups in total. The largest absolute Gasteiger partial charge is 0.238 e. The Labute approximate surface area is 213 Å². The Morgan fingerprint density at radius 3 is 1.50 bits per heavy atom. The molecule has 0 heterocycles. The van der Waals surface area contributed by atoms with Crippen LogP contribution in [0.5, 0.6) is 0 Å². The van der Waals surface area contributed by atoms with E-state index in [9.17, 15) is 5.26 Å². The summed E-state index contributed by atoms with van der Waals surface area (Å²) in [6.07, 6.45) is 0. The minimum Gasteiger partial charge on any atom is -0.238 e. The van der Waals surface area contributed by atoms with Crippen molar-refractivity contribution in [3.05, 3.63) is 111 Å². The molecule has 0 spiro atoms. The van der Waals surface area contributed by atoms with Crippen molar-refractivity contribution in [3.8, 4) is 28.3 Å². The Morgan fingerprint density at radius 1 is 0.618 bits per heavy atom. The van der Waals surface area contributed by atoms with E-state index in [1.165, 1.54) is 26.9 Å². The van der Waals surface area contributed by atoms with E-state index in [0.29, 0.717) is 11.3 Å². The molecule has 158 valence electrons. The van der Waals surface area contributed by atoms with E-state index in [1.54, 1.807) is 0 Å². The van der Waals surface area contributed by atoms with Gasteiger partial charge in [0.05, 0.1) is 18.2 Å². The predicted molar refractivity (Wildman–Crippen MR) is 147 cm³/mol. The number of nitrogens with zero attached hydrogens (tertiary/aromatic N) is 2. The topological polar surface area (TPSA) is 28.1 Å². The molecule has 4 heteroatoms. The summed E-state index contributed by atoms with van der Waals surface area (Å²) in [7, 11) is 0. The highest BCUT2D eigenvalue weighted by Gasteiger charge is 2.18. The monoisotopic (exact) mass is 560 g/mol. The summed E-state index contributed by atoms with van der Waals surface area (Å²) >= 11 is 7.65. The van der Waals surface area contributed by atoms with Crippen molar-refractivity contribution in [2.45, 2.75) is 0 Å².